The van der Waals surface area contributed by atoms with Gasteiger partial charge in [0.2, 0.25) is 0 Å². The van der Waals surface area contributed by atoms with Crippen LogP contribution in [0.15, 0.2) is 5.16 Å². The van der Waals surface area contributed by atoms with Crippen LogP contribution in [0.25, 0.3) is 0 Å². The molecule has 2 N–H and O–H groups in total. The lowest BCUT2D eigenvalue weighted by molar-refractivity contribution is 0.272. The van der Waals surface area contributed by atoms with Gasteiger partial charge in [0.1, 0.15) is 5.82 Å². The summed E-state index contributed by atoms with van der Waals surface area (Å²) in [5.41, 5.74) is 8.23. The minimum absolute atomic E-state index is 0.674. The highest BCUT2D eigenvalue weighted by atomic mass is 32.2. The van der Waals surface area contributed by atoms with E-state index in [1.807, 2.05) is 6.26 Å². The Morgan fingerprint density at radius 2 is 2.13 bits per heavy atom. The molecule has 0 bridgehead atoms. The summed E-state index contributed by atoms with van der Waals surface area (Å²) in [5.74, 6) is 0.674. The van der Waals surface area contributed by atoms with Crippen LogP contribution in [0.4, 0.5) is 5.82 Å². The van der Waals surface area contributed by atoms with E-state index >= 15 is 0 Å². The van der Waals surface area contributed by atoms with Crippen molar-refractivity contribution >= 4 is 17.6 Å². The van der Waals surface area contributed by atoms with E-state index < -0.39 is 0 Å². The summed E-state index contributed by atoms with van der Waals surface area (Å²) in [5, 5.41) is 0.795. The van der Waals surface area contributed by atoms with E-state index in [1.165, 1.54) is 12.8 Å². The van der Waals surface area contributed by atoms with Gasteiger partial charge in [-0.05, 0) is 19.1 Å². The average Bonchev–Trinajstić information content (AvgIpc) is 2.98. The number of nitrogen functional groups attached to an aromatic ring is 1. The fourth-order valence-corrected chi connectivity index (χ4v) is 2.46. The van der Waals surface area contributed by atoms with Crippen molar-refractivity contribution in [3.05, 3.63) is 11.3 Å². The van der Waals surface area contributed by atoms with Crippen molar-refractivity contribution in [2.75, 3.05) is 12.0 Å². The largest absolute Gasteiger partial charge is 0.383 e. The Morgan fingerprint density at radius 3 is 2.80 bits per heavy atom. The average molecular weight is 222 g/mol. The molecule has 0 spiro atoms. The first-order valence-corrected chi connectivity index (χ1v) is 6.43. The Kier molecular flexibility index (Phi) is 2.10. The molecule has 5 heteroatoms. The van der Waals surface area contributed by atoms with Crippen LogP contribution in [0.2, 0.25) is 0 Å². The fourth-order valence-electron chi connectivity index (χ4n) is 2.07. The minimum atomic E-state index is 0.674. The van der Waals surface area contributed by atoms with Gasteiger partial charge in [-0.15, -0.1) is 0 Å². The summed E-state index contributed by atoms with van der Waals surface area (Å²) < 4.78 is 0. The van der Waals surface area contributed by atoms with Gasteiger partial charge in [0, 0.05) is 24.7 Å². The quantitative estimate of drug-likeness (QED) is 0.603. The zero-order valence-electron chi connectivity index (χ0n) is 8.73. The van der Waals surface area contributed by atoms with Crippen LogP contribution >= 0.6 is 11.8 Å². The van der Waals surface area contributed by atoms with E-state index in [-0.39, 0.29) is 0 Å². The predicted molar refractivity (Wildman–Crippen MR) is 60.5 cm³/mol. The Bertz CT molecular complexity index is 403. The molecule has 4 nitrogen and oxygen atoms in total. The third-order valence-corrected chi connectivity index (χ3v) is 3.61. The minimum Gasteiger partial charge on any atom is -0.383 e. The van der Waals surface area contributed by atoms with E-state index in [9.17, 15) is 0 Å². The zero-order chi connectivity index (χ0) is 10.4. The van der Waals surface area contributed by atoms with Crippen molar-refractivity contribution in [3.63, 3.8) is 0 Å². The van der Waals surface area contributed by atoms with Gasteiger partial charge in [0.25, 0.3) is 0 Å². The summed E-state index contributed by atoms with van der Waals surface area (Å²) in [7, 11) is 0. The van der Waals surface area contributed by atoms with Crippen LogP contribution in [-0.4, -0.2) is 27.2 Å². The Labute approximate surface area is 93.3 Å². The van der Waals surface area contributed by atoms with Crippen LogP contribution in [0.3, 0.4) is 0 Å². The molecule has 1 saturated carbocycles. The third-order valence-electron chi connectivity index (χ3n) is 3.06. The molecule has 3 rings (SSSR count). The van der Waals surface area contributed by atoms with Crippen LogP contribution in [0.1, 0.15) is 24.1 Å². The number of aromatic nitrogens is 2. The summed E-state index contributed by atoms with van der Waals surface area (Å²) in [4.78, 5) is 11.3. The summed E-state index contributed by atoms with van der Waals surface area (Å²) in [6.45, 7) is 1.90. The van der Waals surface area contributed by atoms with Crippen LogP contribution < -0.4 is 5.73 Å². The molecule has 2 heterocycles. The Balaban J connectivity index is 1.93. The maximum absolute atomic E-state index is 5.94. The highest BCUT2D eigenvalue weighted by molar-refractivity contribution is 7.98. The predicted octanol–water partition coefficient (Wildman–Crippen LogP) is 1.26. The summed E-state index contributed by atoms with van der Waals surface area (Å²) in [6.07, 6.45) is 4.64. The van der Waals surface area contributed by atoms with Crippen molar-refractivity contribution < 1.29 is 0 Å². The number of thioether (sulfide) groups is 1. The molecule has 80 valence electrons. The molecule has 1 aromatic heterocycles. The van der Waals surface area contributed by atoms with Gasteiger partial charge in [-0.3, -0.25) is 4.90 Å². The van der Waals surface area contributed by atoms with Gasteiger partial charge >= 0.3 is 0 Å². The van der Waals surface area contributed by atoms with E-state index in [1.54, 1.807) is 11.8 Å². The lowest BCUT2D eigenvalue weighted by Gasteiger charge is -2.11. The van der Waals surface area contributed by atoms with Gasteiger partial charge in [-0.1, -0.05) is 11.8 Å². The molecule has 0 aromatic carbocycles. The lowest BCUT2D eigenvalue weighted by atomic mass is 10.2. The van der Waals surface area contributed by atoms with Crippen LogP contribution in [0, 0.1) is 0 Å². The molecular formula is C10H14N4S. The molecule has 0 unspecified atom stereocenters. The van der Waals surface area contributed by atoms with Crippen molar-refractivity contribution in [3.8, 4) is 0 Å². The molecule has 1 aliphatic heterocycles. The van der Waals surface area contributed by atoms with Gasteiger partial charge in [-0.25, -0.2) is 9.97 Å². The Morgan fingerprint density at radius 1 is 1.33 bits per heavy atom. The summed E-state index contributed by atoms with van der Waals surface area (Å²) >= 11 is 1.55. The SMILES string of the molecule is CSc1nc(N)c2c(n1)CN(C1CC1)C2. The van der Waals surface area contributed by atoms with Gasteiger partial charge in [0.15, 0.2) is 5.16 Å². The molecule has 15 heavy (non-hydrogen) atoms. The smallest absolute Gasteiger partial charge is 0.189 e. The molecular weight excluding hydrogens is 208 g/mol. The number of hydrogen-bond acceptors (Lipinski definition) is 5. The third kappa shape index (κ3) is 1.59. The zero-order valence-corrected chi connectivity index (χ0v) is 9.55. The first-order valence-electron chi connectivity index (χ1n) is 5.21. The van der Waals surface area contributed by atoms with E-state index in [0.717, 1.165) is 35.5 Å². The number of nitrogens with zero attached hydrogens (tertiary/aromatic N) is 3. The van der Waals surface area contributed by atoms with E-state index in [2.05, 4.69) is 14.9 Å². The first kappa shape index (κ1) is 9.42. The lowest BCUT2D eigenvalue weighted by Crippen LogP contribution is -2.18. The molecule has 2 aliphatic rings. The topological polar surface area (TPSA) is 55.0 Å². The molecule has 0 atom stereocenters. The van der Waals surface area contributed by atoms with E-state index in [4.69, 9.17) is 5.73 Å². The van der Waals surface area contributed by atoms with Crippen LogP contribution in [0.5, 0.6) is 0 Å². The number of nitrogens with two attached hydrogens (primary N) is 1. The monoisotopic (exact) mass is 222 g/mol. The number of hydrogen-bond donors (Lipinski definition) is 1. The number of rotatable bonds is 2. The molecule has 0 radical (unpaired) electrons. The van der Waals surface area contributed by atoms with Gasteiger partial charge < -0.3 is 5.73 Å². The second kappa shape index (κ2) is 3.35. The normalized spacial score (nSPS) is 20.6. The van der Waals surface area contributed by atoms with Crippen molar-refractivity contribution in [2.45, 2.75) is 37.1 Å². The molecule has 0 amide bonds. The van der Waals surface area contributed by atoms with Gasteiger partial charge in [-0.2, -0.15) is 0 Å². The molecule has 1 fully saturated rings. The maximum atomic E-state index is 5.94. The second-order valence-corrected chi connectivity index (χ2v) is 4.93. The summed E-state index contributed by atoms with van der Waals surface area (Å²) in [6, 6.07) is 0.774. The van der Waals surface area contributed by atoms with Crippen molar-refractivity contribution in [2.24, 2.45) is 0 Å². The highest BCUT2D eigenvalue weighted by Crippen LogP contribution is 2.35. The second-order valence-electron chi connectivity index (χ2n) is 4.16. The number of anilines is 1. The van der Waals surface area contributed by atoms with Crippen molar-refractivity contribution in [1.82, 2.24) is 14.9 Å². The maximum Gasteiger partial charge on any atom is 0.189 e. The molecule has 0 saturated heterocycles. The van der Waals surface area contributed by atoms with Crippen LogP contribution in [-0.2, 0) is 13.1 Å². The highest BCUT2D eigenvalue weighted by Gasteiger charge is 2.34. The van der Waals surface area contributed by atoms with Crippen molar-refractivity contribution in [1.29, 1.82) is 0 Å². The van der Waals surface area contributed by atoms with E-state index in [0.29, 0.717) is 5.82 Å². The molecule has 1 aromatic rings. The molecule has 1 aliphatic carbocycles. The first-order chi connectivity index (χ1) is 7.28. The standard InChI is InChI=1S/C10H14N4S/c1-15-10-12-8-5-14(6-2-3-6)4-7(8)9(11)13-10/h6H,2-5H2,1H3,(H2,11,12,13). The Hall–Kier alpha value is -0.810. The van der Waals surface area contributed by atoms with Gasteiger partial charge in [0.05, 0.1) is 5.69 Å². The fraction of sp³-hybridized carbons (Fsp3) is 0.600. The number of fused-ring (bicyclic) bond motifs is 1.